The number of halogens is 2. The maximum atomic E-state index is 12.8. The minimum atomic E-state index is -3.85. The van der Waals surface area contributed by atoms with Gasteiger partial charge in [-0.3, -0.25) is 0 Å². The summed E-state index contributed by atoms with van der Waals surface area (Å²) in [5.74, 6) is 0.323. The van der Waals surface area contributed by atoms with Gasteiger partial charge in [0, 0.05) is 6.04 Å². The van der Waals surface area contributed by atoms with Crippen molar-refractivity contribution in [1.29, 1.82) is 0 Å². The standard InChI is InChI=1S/C18H21Cl2NO3S/c1-10-8-12(3)14(9-11(10)2)13(4)21-25(22,23)16-7-6-15(24-5)17(19)18(16)20/h6-9,13,21H,1-5H3/t13-/m0/s1. The molecule has 136 valence electrons. The van der Waals surface area contributed by atoms with E-state index in [1.165, 1.54) is 24.8 Å². The first kappa shape index (κ1) is 20.0. The molecular weight excluding hydrogens is 381 g/mol. The molecule has 7 heteroatoms. The Morgan fingerprint density at radius 1 is 1.00 bits per heavy atom. The molecule has 0 heterocycles. The molecule has 0 aliphatic heterocycles. The van der Waals surface area contributed by atoms with Crippen LogP contribution in [-0.4, -0.2) is 15.5 Å². The SMILES string of the molecule is COc1ccc(S(=O)(=O)N[C@@H](C)c2cc(C)c(C)cc2C)c(Cl)c1Cl. The van der Waals surface area contributed by atoms with E-state index in [2.05, 4.69) is 4.72 Å². The zero-order valence-electron chi connectivity index (χ0n) is 14.8. The first-order valence-corrected chi connectivity index (χ1v) is 9.94. The van der Waals surface area contributed by atoms with Crippen LogP contribution in [0, 0.1) is 20.8 Å². The van der Waals surface area contributed by atoms with Crippen LogP contribution in [0.15, 0.2) is 29.2 Å². The van der Waals surface area contributed by atoms with Crippen LogP contribution in [0.2, 0.25) is 10.0 Å². The highest BCUT2D eigenvalue weighted by molar-refractivity contribution is 7.89. The molecule has 4 nitrogen and oxygen atoms in total. The molecule has 0 aliphatic carbocycles. The monoisotopic (exact) mass is 401 g/mol. The number of hydrogen-bond donors (Lipinski definition) is 1. The normalized spacial score (nSPS) is 12.9. The second-order valence-electron chi connectivity index (χ2n) is 6.03. The molecule has 2 aromatic carbocycles. The number of nitrogens with one attached hydrogen (secondary N) is 1. The fourth-order valence-corrected chi connectivity index (χ4v) is 4.75. The third-order valence-corrected chi connectivity index (χ3v) is 6.76. The van der Waals surface area contributed by atoms with E-state index < -0.39 is 16.1 Å². The van der Waals surface area contributed by atoms with Crippen LogP contribution in [0.3, 0.4) is 0 Å². The van der Waals surface area contributed by atoms with Crippen molar-refractivity contribution in [3.8, 4) is 5.75 Å². The Morgan fingerprint density at radius 3 is 2.20 bits per heavy atom. The van der Waals surface area contributed by atoms with Gasteiger partial charge in [0.15, 0.2) is 0 Å². The van der Waals surface area contributed by atoms with Crippen LogP contribution in [0.25, 0.3) is 0 Å². The predicted octanol–water partition coefficient (Wildman–Crippen LogP) is 4.97. The van der Waals surface area contributed by atoms with Gasteiger partial charge in [-0.05, 0) is 62.1 Å². The van der Waals surface area contributed by atoms with Gasteiger partial charge in [0.2, 0.25) is 10.0 Å². The maximum absolute atomic E-state index is 12.8. The first-order chi connectivity index (χ1) is 11.6. The van der Waals surface area contributed by atoms with Gasteiger partial charge in [0.05, 0.1) is 12.1 Å². The molecule has 0 spiro atoms. The van der Waals surface area contributed by atoms with Crippen LogP contribution in [-0.2, 0) is 10.0 Å². The van der Waals surface area contributed by atoms with E-state index >= 15 is 0 Å². The summed E-state index contributed by atoms with van der Waals surface area (Å²) >= 11 is 12.2. The van der Waals surface area contributed by atoms with E-state index in [1.807, 2.05) is 32.9 Å². The topological polar surface area (TPSA) is 55.4 Å². The Balaban J connectivity index is 2.39. The summed E-state index contributed by atoms with van der Waals surface area (Å²) in [6.07, 6.45) is 0. The fraction of sp³-hybridized carbons (Fsp3) is 0.333. The van der Waals surface area contributed by atoms with Gasteiger partial charge < -0.3 is 4.74 Å². The van der Waals surface area contributed by atoms with Crippen molar-refractivity contribution in [2.45, 2.75) is 38.6 Å². The van der Waals surface area contributed by atoms with Gasteiger partial charge in [-0.1, -0.05) is 35.3 Å². The summed E-state index contributed by atoms with van der Waals surface area (Å²) in [4.78, 5) is -0.0756. The highest BCUT2D eigenvalue weighted by atomic mass is 35.5. The number of hydrogen-bond acceptors (Lipinski definition) is 3. The molecule has 2 rings (SSSR count). The molecule has 25 heavy (non-hydrogen) atoms. The summed E-state index contributed by atoms with van der Waals surface area (Å²) in [7, 11) is -2.41. The van der Waals surface area contributed by atoms with E-state index in [0.29, 0.717) is 5.75 Å². The molecular formula is C18H21Cl2NO3S. The number of sulfonamides is 1. The zero-order chi connectivity index (χ0) is 18.9. The third kappa shape index (κ3) is 4.11. The Bertz CT molecular complexity index is 911. The van der Waals surface area contributed by atoms with E-state index in [0.717, 1.165) is 16.7 Å². The Labute approximate surface area is 159 Å². The largest absolute Gasteiger partial charge is 0.495 e. The molecule has 1 N–H and O–H groups in total. The number of methoxy groups -OCH3 is 1. The quantitative estimate of drug-likeness (QED) is 0.769. The van der Waals surface area contributed by atoms with Gasteiger partial charge in [-0.2, -0.15) is 0 Å². The molecule has 0 saturated carbocycles. The molecule has 0 fully saturated rings. The van der Waals surface area contributed by atoms with Gasteiger partial charge >= 0.3 is 0 Å². The lowest BCUT2D eigenvalue weighted by Crippen LogP contribution is -2.27. The Morgan fingerprint density at radius 2 is 1.60 bits per heavy atom. The third-order valence-electron chi connectivity index (χ3n) is 4.20. The van der Waals surface area contributed by atoms with Crippen molar-refractivity contribution in [1.82, 2.24) is 4.72 Å². The van der Waals surface area contributed by atoms with Crippen molar-refractivity contribution in [3.63, 3.8) is 0 Å². The summed E-state index contributed by atoms with van der Waals surface area (Å²) in [6.45, 7) is 7.79. The summed E-state index contributed by atoms with van der Waals surface area (Å²) < 4.78 is 33.2. The maximum Gasteiger partial charge on any atom is 0.242 e. The minimum Gasteiger partial charge on any atom is -0.495 e. The lowest BCUT2D eigenvalue weighted by atomic mass is 9.97. The van der Waals surface area contributed by atoms with Crippen molar-refractivity contribution in [2.24, 2.45) is 0 Å². The van der Waals surface area contributed by atoms with E-state index in [9.17, 15) is 8.42 Å². The van der Waals surface area contributed by atoms with Crippen molar-refractivity contribution in [2.75, 3.05) is 7.11 Å². The zero-order valence-corrected chi connectivity index (χ0v) is 17.1. The molecule has 0 aromatic heterocycles. The molecule has 2 aromatic rings. The lowest BCUT2D eigenvalue weighted by molar-refractivity contribution is 0.414. The van der Waals surface area contributed by atoms with Crippen LogP contribution < -0.4 is 9.46 Å². The molecule has 0 unspecified atom stereocenters. The van der Waals surface area contributed by atoms with E-state index in [-0.39, 0.29) is 14.9 Å². The number of aryl methyl sites for hydroxylation is 3. The predicted molar refractivity (Wildman–Crippen MR) is 102 cm³/mol. The summed E-state index contributed by atoms with van der Waals surface area (Å²) in [6, 6.07) is 6.50. The highest BCUT2D eigenvalue weighted by Crippen LogP contribution is 2.37. The van der Waals surface area contributed by atoms with Crippen LogP contribution in [0.5, 0.6) is 5.75 Å². The van der Waals surface area contributed by atoms with Crippen LogP contribution >= 0.6 is 23.2 Å². The average Bonchev–Trinajstić information content (AvgIpc) is 2.52. The molecule has 0 saturated heterocycles. The van der Waals surface area contributed by atoms with Crippen molar-refractivity contribution >= 4 is 33.2 Å². The highest BCUT2D eigenvalue weighted by Gasteiger charge is 2.24. The van der Waals surface area contributed by atoms with E-state index in [4.69, 9.17) is 27.9 Å². The van der Waals surface area contributed by atoms with Gasteiger partial charge in [0.1, 0.15) is 15.7 Å². The molecule has 0 radical (unpaired) electrons. The van der Waals surface area contributed by atoms with Crippen molar-refractivity contribution in [3.05, 3.63) is 56.6 Å². The first-order valence-electron chi connectivity index (χ1n) is 7.70. The van der Waals surface area contributed by atoms with Crippen LogP contribution in [0.1, 0.15) is 35.2 Å². The molecule has 0 bridgehead atoms. The average molecular weight is 402 g/mol. The lowest BCUT2D eigenvalue weighted by Gasteiger charge is -2.19. The van der Waals surface area contributed by atoms with E-state index in [1.54, 1.807) is 6.92 Å². The smallest absolute Gasteiger partial charge is 0.242 e. The summed E-state index contributed by atoms with van der Waals surface area (Å²) in [5.41, 5.74) is 4.22. The minimum absolute atomic E-state index is 0.0578. The van der Waals surface area contributed by atoms with Crippen LogP contribution in [0.4, 0.5) is 0 Å². The molecule has 0 amide bonds. The second kappa shape index (κ2) is 7.54. The van der Waals surface area contributed by atoms with Gasteiger partial charge in [0.25, 0.3) is 0 Å². The fourth-order valence-electron chi connectivity index (χ4n) is 2.69. The number of ether oxygens (including phenoxy) is 1. The second-order valence-corrected chi connectivity index (χ2v) is 8.47. The van der Waals surface area contributed by atoms with Gasteiger partial charge in [-0.15, -0.1) is 0 Å². The van der Waals surface area contributed by atoms with Crippen molar-refractivity contribution < 1.29 is 13.2 Å². The molecule has 1 atom stereocenters. The number of benzene rings is 2. The molecule has 0 aliphatic rings. The van der Waals surface area contributed by atoms with Gasteiger partial charge in [-0.25, -0.2) is 13.1 Å². The summed E-state index contributed by atoms with van der Waals surface area (Å²) in [5, 5.41) is 0.0135. The Hall–Kier alpha value is -1.27. The Kier molecular flexibility index (Phi) is 6.05. The number of rotatable bonds is 5.